The summed E-state index contributed by atoms with van der Waals surface area (Å²) in [6.45, 7) is 2.27. The Morgan fingerprint density at radius 1 is 1.32 bits per heavy atom. The van der Waals surface area contributed by atoms with Crippen LogP contribution in [-0.4, -0.2) is 16.9 Å². The van der Waals surface area contributed by atoms with Crippen molar-refractivity contribution in [3.63, 3.8) is 0 Å². The van der Waals surface area contributed by atoms with Gasteiger partial charge in [0.1, 0.15) is 0 Å². The van der Waals surface area contributed by atoms with E-state index in [1.165, 1.54) is 12.8 Å². The van der Waals surface area contributed by atoms with Gasteiger partial charge in [0, 0.05) is 17.6 Å². The predicted molar refractivity (Wildman–Crippen MR) is 77.2 cm³/mol. The first-order chi connectivity index (χ1) is 9.24. The number of carbonyl (C=O) groups is 1. The second kappa shape index (κ2) is 5.08. The first-order valence-electron chi connectivity index (χ1n) is 7.11. The lowest BCUT2D eigenvalue weighted by Crippen LogP contribution is -2.38. The maximum atomic E-state index is 12.4. The Morgan fingerprint density at radius 2 is 2.21 bits per heavy atom. The number of amides is 1. The molecule has 0 radical (unpaired) electrons. The zero-order valence-corrected chi connectivity index (χ0v) is 11.3. The fraction of sp³-hybridized carbons (Fsp3) is 0.438. The number of aromatic amines is 1. The highest BCUT2D eigenvalue weighted by Gasteiger charge is 2.21. The molecule has 1 aromatic carbocycles. The van der Waals surface area contributed by atoms with Gasteiger partial charge in [0.15, 0.2) is 0 Å². The van der Waals surface area contributed by atoms with Crippen LogP contribution < -0.4 is 5.32 Å². The highest BCUT2D eigenvalue weighted by atomic mass is 16.1. The Labute approximate surface area is 113 Å². The maximum Gasteiger partial charge on any atom is 0.253 e. The molecule has 1 amide bonds. The lowest BCUT2D eigenvalue weighted by molar-refractivity contribution is 0.0923. The number of aromatic nitrogens is 1. The van der Waals surface area contributed by atoms with E-state index in [-0.39, 0.29) is 5.91 Å². The minimum atomic E-state index is 0.0483. The standard InChI is InChI=1S/C16H20N2O/c1-11-4-2-6-13(10-11)18-16(19)14-7-3-5-12-8-9-17-15(12)14/h3,5,7-9,11,13,17H,2,4,6,10H2,1H3,(H,18,19). The molecule has 1 aliphatic carbocycles. The molecule has 0 aliphatic heterocycles. The molecule has 3 heteroatoms. The first-order valence-corrected chi connectivity index (χ1v) is 7.11. The van der Waals surface area contributed by atoms with Gasteiger partial charge in [0.2, 0.25) is 0 Å². The molecule has 2 atom stereocenters. The number of hydrogen-bond donors (Lipinski definition) is 2. The molecule has 1 heterocycles. The number of carbonyl (C=O) groups excluding carboxylic acids is 1. The van der Waals surface area contributed by atoms with Gasteiger partial charge in [-0.15, -0.1) is 0 Å². The molecule has 2 aromatic rings. The highest BCUT2D eigenvalue weighted by molar-refractivity contribution is 6.05. The van der Waals surface area contributed by atoms with Crippen LogP contribution in [0.2, 0.25) is 0 Å². The van der Waals surface area contributed by atoms with Crippen molar-refractivity contribution < 1.29 is 4.79 Å². The van der Waals surface area contributed by atoms with Crippen molar-refractivity contribution in [2.45, 2.75) is 38.6 Å². The predicted octanol–water partition coefficient (Wildman–Crippen LogP) is 3.48. The lowest BCUT2D eigenvalue weighted by Gasteiger charge is -2.27. The Bertz CT molecular complexity index is 587. The lowest BCUT2D eigenvalue weighted by atomic mass is 9.87. The molecule has 3 nitrogen and oxygen atoms in total. The summed E-state index contributed by atoms with van der Waals surface area (Å²) in [6.07, 6.45) is 6.60. The highest BCUT2D eigenvalue weighted by Crippen LogP contribution is 2.24. The summed E-state index contributed by atoms with van der Waals surface area (Å²) in [6, 6.07) is 8.18. The van der Waals surface area contributed by atoms with Gasteiger partial charge < -0.3 is 10.3 Å². The topological polar surface area (TPSA) is 44.9 Å². The summed E-state index contributed by atoms with van der Waals surface area (Å²) in [7, 11) is 0. The van der Waals surface area contributed by atoms with E-state index in [0.29, 0.717) is 6.04 Å². The van der Waals surface area contributed by atoms with Crippen LogP contribution in [0.4, 0.5) is 0 Å². The third kappa shape index (κ3) is 2.50. The minimum absolute atomic E-state index is 0.0483. The van der Waals surface area contributed by atoms with Gasteiger partial charge in [-0.25, -0.2) is 0 Å². The molecule has 3 rings (SSSR count). The first kappa shape index (κ1) is 12.3. The van der Waals surface area contributed by atoms with Gasteiger partial charge in [0.25, 0.3) is 5.91 Å². The van der Waals surface area contributed by atoms with E-state index in [2.05, 4.69) is 17.2 Å². The normalized spacial score (nSPS) is 23.4. The molecule has 2 unspecified atom stereocenters. The number of hydrogen-bond acceptors (Lipinski definition) is 1. The Morgan fingerprint density at radius 3 is 3.05 bits per heavy atom. The van der Waals surface area contributed by atoms with Gasteiger partial charge >= 0.3 is 0 Å². The Balaban J connectivity index is 1.78. The molecule has 0 saturated heterocycles. The fourth-order valence-corrected chi connectivity index (χ4v) is 3.10. The van der Waals surface area contributed by atoms with Gasteiger partial charge in [-0.05, 0) is 30.9 Å². The molecular formula is C16H20N2O. The van der Waals surface area contributed by atoms with Gasteiger partial charge in [-0.2, -0.15) is 0 Å². The summed E-state index contributed by atoms with van der Waals surface area (Å²) in [4.78, 5) is 15.6. The molecule has 2 N–H and O–H groups in total. The summed E-state index contributed by atoms with van der Waals surface area (Å²) in [5.74, 6) is 0.771. The number of rotatable bonds is 2. The second-order valence-corrected chi connectivity index (χ2v) is 5.69. The van der Waals surface area contributed by atoms with E-state index in [1.54, 1.807) is 0 Å². The van der Waals surface area contributed by atoms with Crippen molar-refractivity contribution in [1.82, 2.24) is 10.3 Å². The quantitative estimate of drug-likeness (QED) is 0.849. The molecular weight excluding hydrogens is 236 g/mol. The van der Waals surface area contributed by atoms with Crippen LogP contribution in [0.15, 0.2) is 30.5 Å². The monoisotopic (exact) mass is 256 g/mol. The molecule has 0 bridgehead atoms. The van der Waals surface area contributed by atoms with E-state index in [1.807, 2.05) is 30.5 Å². The average molecular weight is 256 g/mol. The van der Waals surface area contributed by atoms with Crippen LogP contribution >= 0.6 is 0 Å². The molecule has 100 valence electrons. The van der Waals surface area contributed by atoms with Crippen molar-refractivity contribution in [1.29, 1.82) is 0 Å². The van der Waals surface area contributed by atoms with E-state index >= 15 is 0 Å². The maximum absolute atomic E-state index is 12.4. The minimum Gasteiger partial charge on any atom is -0.361 e. The van der Waals surface area contributed by atoms with Crippen LogP contribution in [-0.2, 0) is 0 Å². The zero-order chi connectivity index (χ0) is 13.2. The van der Waals surface area contributed by atoms with Crippen molar-refractivity contribution in [3.05, 3.63) is 36.0 Å². The van der Waals surface area contributed by atoms with E-state index in [9.17, 15) is 4.79 Å². The van der Waals surface area contributed by atoms with Crippen molar-refractivity contribution in [2.24, 2.45) is 5.92 Å². The summed E-state index contributed by atoms with van der Waals surface area (Å²) < 4.78 is 0. The van der Waals surface area contributed by atoms with Crippen LogP contribution in [0.25, 0.3) is 10.9 Å². The number of benzene rings is 1. The molecule has 1 saturated carbocycles. The van der Waals surface area contributed by atoms with Crippen molar-refractivity contribution in [2.75, 3.05) is 0 Å². The Kier molecular flexibility index (Phi) is 3.28. The molecule has 1 fully saturated rings. The van der Waals surface area contributed by atoms with Gasteiger partial charge in [-0.3, -0.25) is 4.79 Å². The number of para-hydroxylation sites is 1. The largest absolute Gasteiger partial charge is 0.361 e. The van der Waals surface area contributed by atoms with E-state index in [4.69, 9.17) is 0 Å². The van der Waals surface area contributed by atoms with Gasteiger partial charge in [0.05, 0.1) is 11.1 Å². The van der Waals surface area contributed by atoms with Crippen LogP contribution in [0.5, 0.6) is 0 Å². The van der Waals surface area contributed by atoms with Crippen LogP contribution in [0, 0.1) is 5.92 Å². The van der Waals surface area contributed by atoms with Crippen LogP contribution in [0.3, 0.4) is 0 Å². The summed E-state index contributed by atoms with van der Waals surface area (Å²) in [5.41, 5.74) is 1.68. The summed E-state index contributed by atoms with van der Waals surface area (Å²) in [5, 5.41) is 4.28. The number of H-pyrrole nitrogens is 1. The molecule has 0 spiro atoms. The second-order valence-electron chi connectivity index (χ2n) is 5.69. The smallest absolute Gasteiger partial charge is 0.253 e. The van der Waals surface area contributed by atoms with Crippen molar-refractivity contribution >= 4 is 16.8 Å². The third-order valence-corrected chi connectivity index (χ3v) is 4.10. The van der Waals surface area contributed by atoms with Crippen molar-refractivity contribution in [3.8, 4) is 0 Å². The zero-order valence-electron chi connectivity index (χ0n) is 11.3. The Hall–Kier alpha value is -1.77. The van der Waals surface area contributed by atoms with Gasteiger partial charge in [-0.1, -0.05) is 31.9 Å². The SMILES string of the molecule is CC1CCCC(NC(=O)c2cccc3cc[nH]c23)C1. The third-order valence-electron chi connectivity index (χ3n) is 4.10. The number of nitrogens with one attached hydrogen (secondary N) is 2. The van der Waals surface area contributed by atoms with E-state index < -0.39 is 0 Å². The fourth-order valence-electron chi connectivity index (χ4n) is 3.10. The molecule has 1 aliphatic rings. The number of fused-ring (bicyclic) bond motifs is 1. The van der Waals surface area contributed by atoms with Crippen LogP contribution in [0.1, 0.15) is 43.0 Å². The molecule has 19 heavy (non-hydrogen) atoms. The average Bonchev–Trinajstić information content (AvgIpc) is 2.86. The summed E-state index contributed by atoms with van der Waals surface area (Å²) >= 11 is 0. The van der Waals surface area contributed by atoms with E-state index in [0.717, 1.165) is 35.2 Å². The molecule has 1 aromatic heterocycles.